The largest absolute Gasteiger partial charge is 0.385 e. The normalized spacial score (nSPS) is 9.90. The van der Waals surface area contributed by atoms with Gasteiger partial charge >= 0.3 is 6.03 Å². The summed E-state index contributed by atoms with van der Waals surface area (Å²) in [5.74, 6) is -0.139. The Morgan fingerprint density at radius 2 is 1.81 bits per heavy atom. The van der Waals surface area contributed by atoms with Crippen molar-refractivity contribution in [2.75, 3.05) is 39.0 Å². The van der Waals surface area contributed by atoms with Crippen molar-refractivity contribution in [3.63, 3.8) is 0 Å². The van der Waals surface area contributed by atoms with Crippen LogP contribution >= 0.6 is 0 Å². The van der Waals surface area contributed by atoms with E-state index in [4.69, 9.17) is 0 Å². The van der Waals surface area contributed by atoms with E-state index in [-0.39, 0.29) is 11.9 Å². The molecule has 1 aromatic rings. The summed E-state index contributed by atoms with van der Waals surface area (Å²) in [6.07, 6.45) is 0. The summed E-state index contributed by atoms with van der Waals surface area (Å²) < 4.78 is 0. The number of nitrogens with zero attached hydrogens (tertiary/aromatic N) is 1. The van der Waals surface area contributed by atoms with E-state index in [1.807, 2.05) is 26.0 Å². The molecular formula is C15H24N4O2. The Kier molecular flexibility index (Phi) is 6.52. The number of nitrogens with one attached hydrogen (secondary N) is 3. The van der Waals surface area contributed by atoms with Gasteiger partial charge in [-0.2, -0.15) is 0 Å². The topological polar surface area (TPSA) is 73.5 Å². The Labute approximate surface area is 125 Å². The zero-order chi connectivity index (χ0) is 15.8. The number of amides is 3. The molecule has 21 heavy (non-hydrogen) atoms. The lowest BCUT2D eigenvalue weighted by molar-refractivity contribution is 0.0953. The minimum Gasteiger partial charge on any atom is -0.385 e. The van der Waals surface area contributed by atoms with Gasteiger partial charge in [-0.05, 0) is 37.6 Å². The molecule has 6 heteroatoms. The van der Waals surface area contributed by atoms with Crippen LogP contribution in [0, 0.1) is 6.92 Å². The molecule has 0 aliphatic carbocycles. The van der Waals surface area contributed by atoms with Crippen molar-refractivity contribution < 1.29 is 9.59 Å². The summed E-state index contributed by atoms with van der Waals surface area (Å²) in [5.41, 5.74) is 2.69. The minimum atomic E-state index is -0.171. The van der Waals surface area contributed by atoms with Gasteiger partial charge in [0, 0.05) is 45.0 Å². The van der Waals surface area contributed by atoms with Gasteiger partial charge in [-0.3, -0.25) is 4.79 Å². The number of urea groups is 1. The quantitative estimate of drug-likeness (QED) is 0.694. The third-order valence-corrected chi connectivity index (χ3v) is 2.95. The highest BCUT2D eigenvalue weighted by molar-refractivity contribution is 5.94. The molecule has 116 valence electrons. The average Bonchev–Trinajstić information content (AvgIpc) is 2.45. The number of hydrogen-bond acceptors (Lipinski definition) is 3. The van der Waals surface area contributed by atoms with E-state index in [1.54, 1.807) is 20.2 Å². The van der Waals surface area contributed by atoms with Crippen LogP contribution in [0.2, 0.25) is 0 Å². The van der Waals surface area contributed by atoms with Gasteiger partial charge in [0.05, 0.1) is 0 Å². The van der Waals surface area contributed by atoms with E-state index in [0.717, 1.165) is 17.8 Å². The zero-order valence-corrected chi connectivity index (χ0v) is 13.1. The first-order valence-corrected chi connectivity index (χ1v) is 7.03. The van der Waals surface area contributed by atoms with Crippen LogP contribution in [0.3, 0.4) is 0 Å². The maximum absolute atomic E-state index is 12.0. The lowest BCUT2D eigenvalue weighted by Crippen LogP contribution is -2.39. The summed E-state index contributed by atoms with van der Waals surface area (Å²) in [5, 5.41) is 8.70. The fourth-order valence-corrected chi connectivity index (χ4v) is 1.80. The van der Waals surface area contributed by atoms with E-state index in [0.29, 0.717) is 18.7 Å². The number of benzene rings is 1. The van der Waals surface area contributed by atoms with Crippen molar-refractivity contribution in [1.82, 2.24) is 15.5 Å². The Hall–Kier alpha value is -2.24. The van der Waals surface area contributed by atoms with Gasteiger partial charge in [0.15, 0.2) is 0 Å². The molecule has 3 amide bonds. The second kappa shape index (κ2) is 8.14. The van der Waals surface area contributed by atoms with Crippen LogP contribution in [-0.4, -0.2) is 50.6 Å². The van der Waals surface area contributed by atoms with Gasteiger partial charge in [0.1, 0.15) is 0 Å². The number of carbonyl (C=O) groups excluding carboxylic acids is 2. The van der Waals surface area contributed by atoms with Gasteiger partial charge < -0.3 is 20.9 Å². The van der Waals surface area contributed by atoms with Crippen LogP contribution in [0.4, 0.5) is 10.5 Å². The van der Waals surface area contributed by atoms with Crippen molar-refractivity contribution in [1.29, 1.82) is 0 Å². The Morgan fingerprint density at radius 3 is 2.38 bits per heavy atom. The van der Waals surface area contributed by atoms with E-state index in [2.05, 4.69) is 16.0 Å². The average molecular weight is 292 g/mol. The van der Waals surface area contributed by atoms with Crippen molar-refractivity contribution in [2.24, 2.45) is 0 Å². The van der Waals surface area contributed by atoms with Crippen LogP contribution in [0.15, 0.2) is 18.2 Å². The lowest BCUT2D eigenvalue weighted by Gasteiger charge is -2.13. The second-order valence-corrected chi connectivity index (χ2v) is 4.94. The second-order valence-electron chi connectivity index (χ2n) is 4.94. The van der Waals surface area contributed by atoms with Crippen molar-refractivity contribution in [3.05, 3.63) is 29.3 Å². The van der Waals surface area contributed by atoms with Crippen molar-refractivity contribution in [3.8, 4) is 0 Å². The highest BCUT2D eigenvalue weighted by Gasteiger charge is 2.07. The summed E-state index contributed by atoms with van der Waals surface area (Å²) in [7, 11) is 3.34. The van der Waals surface area contributed by atoms with Crippen LogP contribution in [0.25, 0.3) is 0 Å². The van der Waals surface area contributed by atoms with Gasteiger partial charge in [-0.25, -0.2) is 4.79 Å². The number of aryl methyl sites for hydroxylation is 1. The highest BCUT2D eigenvalue weighted by Crippen LogP contribution is 2.16. The first-order valence-electron chi connectivity index (χ1n) is 7.03. The highest BCUT2D eigenvalue weighted by atomic mass is 16.2. The molecule has 3 N–H and O–H groups in total. The maximum Gasteiger partial charge on any atom is 0.316 e. The molecule has 0 atom stereocenters. The molecule has 0 spiro atoms. The Balaban J connectivity index is 2.45. The van der Waals surface area contributed by atoms with E-state index in [1.165, 1.54) is 4.90 Å². The molecule has 6 nitrogen and oxygen atoms in total. The summed E-state index contributed by atoms with van der Waals surface area (Å²) in [4.78, 5) is 24.7. The maximum atomic E-state index is 12.0. The minimum absolute atomic E-state index is 0.139. The lowest BCUT2D eigenvalue weighted by atomic mass is 10.1. The van der Waals surface area contributed by atoms with Gasteiger partial charge in [0.25, 0.3) is 5.91 Å². The van der Waals surface area contributed by atoms with Crippen LogP contribution < -0.4 is 16.0 Å². The van der Waals surface area contributed by atoms with Crippen LogP contribution in [0.1, 0.15) is 22.8 Å². The molecule has 0 saturated carbocycles. The Bertz CT molecular complexity index is 500. The monoisotopic (exact) mass is 292 g/mol. The molecule has 0 aliphatic heterocycles. The smallest absolute Gasteiger partial charge is 0.316 e. The summed E-state index contributed by atoms with van der Waals surface area (Å²) in [6.45, 7) is 5.63. The first kappa shape index (κ1) is 16.8. The van der Waals surface area contributed by atoms with Crippen LogP contribution in [0.5, 0.6) is 0 Å². The first-order chi connectivity index (χ1) is 9.95. The zero-order valence-electron chi connectivity index (χ0n) is 13.1. The van der Waals surface area contributed by atoms with Gasteiger partial charge in [0.2, 0.25) is 0 Å². The van der Waals surface area contributed by atoms with E-state index >= 15 is 0 Å². The predicted octanol–water partition coefficient (Wildman–Crippen LogP) is 1.43. The number of anilines is 1. The molecule has 0 aliphatic rings. The molecule has 0 fully saturated rings. The van der Waals surface area contributed by atoms with E-state index < -0.39 is 0 Å². The molecule has 0 unspecified atom stereocenters. The molecular weight excluding hydrogens is 268 g/mol. The third kappa shape index (κ3) is 5.33. The molecule has 0 saturated heterocycles. The molecule has 0 heterocycles. The van der Waals surface area contributed by atoms with Crippen LogP contribution in [-0.2, 0) is 0 Å². The Morgan fingerprint density at radius 1 is 1.14 bits per heavy atom. The van der Waals surface area contributed by atoms with Crippen molar-refractivity contribution >= 4 is 17.6 Å². The standard InChI is InChI=1S/C15H24N4O2/c1-5-16-13-7-6-12(10-11(13)2)14(20)17-8-9-18-15(21)19(3)4/h6-7,10,16H,5,8-9H2,1-4H3,(H,17,20)(H,18,21). The SMILES string of the molecule is CCNc1ccc(C(=O)NCCNC(=O)N(C)C)cc1C. The van der Waals surface area contributed by atoms with E-state index in [9.17, 15) is 9.59 Å². The summed E-state index contributed by atoms with van der Waals surface area (Å²) in [6, 6.07) is 5.38. The summed E-state index contributed by atoms with van der Waals surface area (Å²) >= 11 is 0. The number of rotatable bonds is 6. The fraction of sp³-hybridized carbons (Fsp3) is 0.467. The fourth-order valence-electron chi connectivity index (χ4n) is 1.80. The van der Waals surface area contributed by atoms with Gasteiger partial charge in [-0.15, -0.1) is 0 Å². The molecule has 0 aromatic heterocycles. The predicted molar refractivity (Wildman–Crippen MR) is 84.8 cm³/mol. The molecule has 0 radical (unpaired) electrons. The third-order valence-electron chi connectivity index (χ3n) is 2.95. The van der Waals surface area contributed by atoms with Crippen molar-refractivity contribution in [2.45, 2.75) is 13.8 Å². The molecule has 1 aromatic carbocycles. The molecule has 0 bridgehead atoms. The van der Waals surface area contributed by atoms with Gasteiger partial charge in [-0.1, -0.05) is 0 Å². The molecule has 1 rings (SSSR count). The number of carbonyl (C=O) groups is 2. The number of hydrogen-bond donors (Lipinski definition) is 3.